The first-order valence-electron chi connectivity index (χ1n) is 3.87. The van der Waals surface area contributed by atoms with Crippen LogP contribution in [0.1, 0.15) is 5.82 Å². The second-order valence-electron chi connectivity index (χ2n) is 2.58. The normalized spacial score (nSPS) is 9.79. The molecular formula is C7H12N6S. The number of aliphatic imine (C=N–C) groups is 1. The van der Waals surface area contributed by atoms with E-state index in [2.05, 4.69) is 9.98 Å². The van der Waals surface area contributed by atoms with Crippen molar-refractivity contribution in [3.63, 3.8) is 0 Å². The van der Waals surface area contributed by atoms with Gasteiger partial charge in [-0.1, -0.05) is 11.8 Å². The van der Waals surface area contributed by atoms with Gasteiger partial charge in [-0.2, -0.15) is 4.99 Å². The highest BCUT2D eigenvalue weighted by atomic mass is 32.2. The van der Waals surface area contributed by atoms with Crippen molar-refractivity contribution in [3.8, 4) is 0 Å². The molecule has 0 amide bonds. The van der Waals surface area contributed by atoms with E-state index in [1.807, 2.05) is 17.8 Å². The summed E-state index contributed by atoms with van der Waals surface area (Å²) in [5.74, 6) is 1.37. The highest BCUT2D eigenvalue weighted by molar-refractivity contribution is 8.13. The standard InChI is InChI=1S/C7H12N6S/c1-13-3-2-11-5(13)4-14-7(10)12-6(8)9/h2-3H,4H2,1H3,(H5,8,9,10,12). The van der Waals surface area contributed by atoms with Gasteiger partial charge in [-0.25, -0.2) is 4.98 Å². The van der Waals surface area contributed by atoms with Gasteiger partial charge in [0.15, 0.2) is 11.1 Å². The average Bonchev–Trinajstić information content (AvgIpc) is 2.46. The van der Waals surface area contributed by atoms with E-state index < -0.39 is 0 Å². The summed E-state index contributed by atoms with van der Waals surface area (Å²) >= 11 is 1.23. The minimum Gasteiger partial charge on any atom is -0.370 e. The fourth-order valence-corrected chi connectivity index (χ4v) is 1.53. The van der Waals surface area contributed by atoms with Crippen LogP contribution in [0.2, 0.25) is 0 Å². The molecule has 0 spiro atoms. The molecule has 1 aromatic rings. The SMILES string of the molecule is Cn1ccnc1CSC(=N)N=C(N)N. The Balaban J connectivity index is 2.46. The number of aromatic nitrogens is 2. The topological polar surface area (TPSA) is 106 Å². The molecule has 0 aliphatic carbocycles. The summed E-state index contributed by atoms with van der Waals surface area (Å²) < 4.78 is 1.88. The molecule has 0 bridgehead atoms. The number of nitrogens with zero attached hydrogens (tertiary/aromatic N) is 3. The lowest BCUT2D eigenvalue weighted by atomic mass is 10.7. The third kappa shape index (κ3) is 3.09. The number of imidazole rings is 1. The molecule has 1 aromatic heterocycles. The first-order chi connectivity index (χ1) is 6.59. The number of hydrogen-bond acceptors (Lipinski definition) is 3. The van der Waals surface area contributed by atoms with E-state index in [-0.39, 0.29) is 11.1 Å². The molecule has 0 saturated carbocycles. The second-order valence-corrected chi connectivity index (χ2v) is 3.55. The minimum absolute atomic E-state index is 0.0907. The molecule has 7 heteroatoms. The van der Waals surface area contributed by atoms with E-state index in [4.69, 9.17) is 16.9 Å². The van der Waals surface area contributed by atoms with Crippen LogP contribution in [0.15, 0.2) is 17.4 Å². The number of nitrogens with two attached hydrogens (primary N) is 2. The maximum Gasteiger partial charge on any atom is 0.193 e. The molecule has 0 fully saturated rings. The Morgan fingerprint density at radius 2 is 2.43 bits per heavy atom. The maximum absolute atomic E-state index is 7.37. The third-order valence-electron chi connectivity index (χ3n) is 1.49. The van der Waals surface area contributed by atoms with Crippen LogP contribution in [0, 0.1) is 5.41 Å². The van der Waals surface area contributed by atoms with E-state index in [1.165, 1.54) is 11.8 Å². The van der Waals surface area contributed by atoms with Crippen molar-refractivity contribution in [3.05, 3.63) is 18.2 Å². The molecule has 1 heterocycles. The number of nitrogens with one attached hydrogen (secondary N) is 1. The van der Waals surface area contributed by atoms with Crippen molar-refractivity contribution in [1.29, 1.82) is 5.41 Å². The number of aryl methyl sites for hydroxylation is 1. The number of thioether (sulfide) groups is 1. The molecule has 5 N–H and O–H groups in total. The van der Waals surface area contributed by atoms with Gasteiger partial charge in [0.05, 0.1) is 5.75 Å². The second kappa shape index (κ2) is 4.66. The predicted molar refractivity (Wildman–Crippen MR) is 58.0 cm³/mol. The first-order valence-corrected chi connectivity index (χ1v) is 4.85. The Kier molecular flexibility index (Phi) is 3.52. The lowest BCUT2D eigenvalue weighted by Gasteiger charge is -2.00. The Hall–Kier alpha value is -1.50. The number of rotatable bonds is 2. The minimum atomic E-state index is -0.0951. The van der Waals surface area contributed by atoms with Gasteiger partial charge in [-0.15, -0.1) is 0 Å². The molecule has 0 radical (unpaired) electrons. The van der Waals surface area contributed by atoms with Crippen molar-refractivity contribution in [1.82, 2.24) is 9.55 Å². The third-order valence-corrected chi connectivity index (χ3v) is 2.26. The molecule has 0 aliphatic heterocycles. The average molecular weight is 212 g/mol. The van der Waals surface area contributed by atoms with Crippen LogP contribution in [-0.2, 0) is 12.8 Å². The van der Waals surface area contributed by atoms with Gasteiger partial charge in [0.2, 0.25) is 0 Å². The fourth-order valence-electron chi connectivity index (χ4n) is 0.818. The van der Waals surface area contributed by atoms with Gasteiger partial charge in [0, 0.05) is 19.4 Å². The van der Waals surface area contributed by atoms with E-state index in [1.54, 1.807) is 6.20 Å². The van der Waals surface area contributed by atoms with Gasteiger partial charge in [-0.3, -0.25) is 5.41 Å². The summed E-state index contributed by atoms with van der Waals surface area (Å²) in [7, 11) is 1.90. The fraction of sp³-hybridized carbons (Fsp3) is 0.286. The molecule has 0 saturated heterocycles. The van der Waals surface area contributed by atoms with Crippen LogP contribution in [0.25, 0.3) is 0 Å². The summed E-state index contributed by atoms with van der Waals surface area (Å²) in [4.78, 5) is 7.69. The van der Waals surface area contributed by atoms with Gasteiger partial charge < -0.3 is 16.0 Å². The number of hydrogen-bond donors (Lipinski definition) is 3. The number of amidine groups is 1. The van der Waals surface area contributed by atoms with E-state index in [0.717, 1.165) is 5.82 Å². The Bertz CT molecular complexity index is 351. The molecule has 14 heavy (non-hydrogen) atoms. The van der Waals surface area contributed by atoms with Gasteiger partial charge >= 0.3 is 0 Å². The maximum atomic E-state index is 7.37. The van der Waals surface area contributed by atoms with Crippen LogP contribution >= 0.6 is 11.8 Å². The van der Waals surface area contributed by atoms with Crippen molar-refractivity contribution >= 4 is 22.9 Å². The highest BCUT2D eigenvalue weighted by Crippen LogP contribution is 2.11. The van der Waals surface area contributed by atoms with Crippen molar-refractivity contribution in [2.75, 3.05) is 0 Å². The van der Waals surface area contributed by atoms with Crippen LogP contribution in [0.4, 0.5) is 0 Å². The summed E-state index contributed by atoms with van der Waals surface area (Å²) in [6, 6.07) is 0. The Morgan fingerprint density at radius 1 is 1.71 bits per heavy atom. The van der Waals surface area contributed by atoms with Crippen molar-refractivity contribution in [2.45, 2.75) is 5.75 Å². The lowest BCUT2D eigenvalue weighted by molar-refractivity contribution is 0.850. The van der Waals surface area contributed by atoms with Crippen LogP contribution < -0.4 is 11.5 Å². The molecule has 0 atom stereocenters. The Labute approximate surface area is 85.9 Å². The zero-order chi connectivity index (χ0) is 10.6. The van der Waals surface area contributed by atoms with Crippen molar-refractivity contribution in [2.24, 2.45) is 23.5 Å². The quantitative estimate of drug-likeness (QED) is 0.468. The molecule has 0 unspecified atom stereocenters. The van der Waals surface area contributed by atoms with E-state index >= 15 is 0 Å². The van der Waals surface area contributed by atoms with Gasteiger partial charge in [-0.05, 0) is 0 Å². The highest BCUT2D eigenvalue weighted by Gasteiger charge is 2.01. The predicted octanol–water partition coefficient (Wildman–Crippen LogP) is -0.139. The molecule has 1 rings (SSSR count). The molecule has 6 nitrogen and oxygen atoms in total. The monoisotopic (exact) mass is 212 g/mol. The van der Waals surface area contributed by atoms with E-state index in [0.29, 0.717) is 5.75 Å². The lowest BCUT2D eigenvalue weighted by Crippen LogP contribution is -2.23. The zero-order valence-corrected chi connectivity index (χ0v) is 8.58. The first kappa shape index (κ1) is 10.6. The molecule has 0 aromatic carbocycles. The Morgan fingerprint density at radius 3 is 2.93 bits per heavy atom. The van der Waals surface area contributed by atoms with Crippen LogP contribution in [-0.4, -0.2) is 20.7 Å². The smallest absolute Gasteiger partial charge is 0.193 e. The molecule has 76 valence electrons. The van der Waals surface area contributed by atoms with E-state index in [9.17, 15) is 0 Å². The zero-order valence-electron chi connectivity index (χ0n) is 7.77. The summed E-state index contributed by atoms with van der Waals surface area (Å²) in [5, 5.41) is 7.46. The molecular weight excluding hydrogens is 200 g/mol. The van der Waals surface area contributed by atoms with Gasteiger partial charge in [0.1, 0.15) is 5.82 Å². The largest absolute Gasteiger partial charge is 0.370 e. The van der Waals surface area contributed by atoms with Crippen molar-refractivity contribution < 1.29 is 0 Å². The summed E-state index contributed by atoms with van der Waals surface area (Å²) in [6.45, 7) is 0. The summed E-state index contributed by atoms with van der Waals surface area (Å²) in [5.41, 5.74) is 10.2. The van der Waals surface area contributed by atoms with Gasteiger partial charge in [0.25, 0.3) is 0 Å². The molecule has 0 aliphatic rings. The number of guanidine groups is 1. The van der Waals surface area contributed by atoms with Crippen LogP contribution in [0.3, 0.4) is 0 Å². The summed E-state index contributed by atoms with van der Waals surface area (Å²) in [6.07, 6.45) is 3.56. The van der Waals surface area contributed by atoms with Crippen LogP contribution in [0.5, 0.6) is 0 Å².